The average Bonchev–Trinajstić information content (AvgIpc) is 2.98. The fraction of sp³-hybridized carbons (Fsp3) is 0.529. The van der Waals surface area contributed by atoms with Crippen molar-refractivity contribution in [2.24, 2.45) is 11.8 Å². The third-order valence-electron chi connectivity index (χ3n) is 5.00. The molecule has 6 heteroatoms. The monoisotopic (exact) mass is 332 g/mol. The maximum absolute atomic E-state index is 11.6. The van der Waals surface area contributed by atoms with E-state index in [1.807, 2.05) is 6.07 Å². The number of piperidine rings is 1. The molecule has 1 aliphatic carbocycles. The number of hydrogen-bond donors (Lipinski definition) is 0. The number of likely N-dealkylation sites (tertiary alicyclic amines) is 1. The topological polar surface area (TPSA) is 55.6 Å². The van der Waals surface area contributed by atoms with E-state index in [2.05, 4.69) is 22.0 Å². The van der Waals surface area contributed by atoms with Gasteiger partial charge in [0.2, 0.25) is 0 Å². The lowest BCUT2D eigenvalue weighted by atomic mass is 9.93. The first kappa shape index (κ1) is 14.9. The normalized spacial score (nSPS) is 25.6. The van der Waals surface area contributed by atoms with Gasteiger partial charge in [0, 0.05) is 12.5 Å². The molecule has 0 N–H and O–H groups in total. The fourth-order valence-corrected chi connectivity index (χ4v) is 4.46. The van der Waals surface area contributed by atoms with Crippen molar-refractivity contribution in [2.75, 3.05) is 19.6 Å². The highest BCUT2D eigenvalue weighted by Gasteiger charge is 2.45. The van der Waals surface area contributed by atoms with Crippen LogP contribution in [0.25, 0.3) is 10.3 Å². The maximum Gasteiger partial charge on any atom is 0.314 e. The zero-order chi connectivity index (χ0) is 15.8. The minimum Gasteiger partial charge on any atom is -0.435 e. The number of ether oxygens (including phenoxy) is 1. The number of carbonyl (C=O) groups is 1. The van der Waals surface area contributed by atoms with Crippen molar-refractivity contribution in [2.45, 2.75) is 25.2 Å². The second-order valence-corrected chi connectivity index (χ2v) is 7.38. The molecule has 0 bridgehead atoms. The van der Waals surface area contributed by atoms with Gasteiger partial charge in [-0.05, 0) is 49.7 Å². The molecule has 5 nitrogen and oxygen atoms in total. The fourth-order valence-electron chi connectivity index (χ4n) is 3.58. The molecule has 1 aliphatic heterocycles. The van der Waals surface area contributed by atoms with Crippen LogP contribution in [0.15, 0.2) is 28.8 Å². The van der Waals surface area contributed by atoms with Crippen LogP contribution < -0.4 is 0 Å². The molecule has 4 rings (SSSR count). The predicted molar refractivity (Wildman–Crippen MR) is 88.2 cm³/mol. The van der Waals surface area contributed by atoms with Crippen LogP contribution in [0.4, 0.5) is 0 Å². The number of rotatable bonds is 5. The standard InChI is InChI=1S/C17H20N2O3S/c1-2-21-17(20)13-9-12(13)10-19-6-3-11(4-7-19)15-16-14(22-18-15)5-8-23-16/h2,5,8,11-13H,1,3-4,6-7,9-10H2/t12?,13-/m0/s1. The molecule has 1 saturated heterocycles. The molecule has 1 unspecified atom stereocenters. The summed E-state index contributed by atoms with van der Waals surface area (Å²) in [7, 11) is 0. The molecule has 0 spiro atoms. The number of hydrogen-bond acceptors (Lipinski definition) is 6. The van der Waals surface area contributed by atoms with Crippen LogP contribution in [-0.4, -0.2) is 35.7 Å². The van der Waals surface area contributed by atoms with Crippen molar-refractivity contribution in [3.05, 3.63) is 30.0 Å². The van der Waals surface area contributed by atoms with E-state index in [1.54, 1.807) is 11.3 Å². The molecule has 2 fully saturated rings. The number of esters is 1. The van der Waals surface area contributed by atoms with Crippen molar-refractivity contribution < 1.29 is 14.1 Å². The van der Waals surface area contributed by atoms with Gasteiger partial charge in [-0.15, -0.1) is 11.3 Å². The zero-order valence-corrected chi connectivity index (χ0v) is 13.8. The van der Waals surface area contributed by atoms with E-state index in [4.69, 9.17) is 9.26 Å². The number of fused-ring (bicyclic) bond motifs is 1. The van der Waals surface area contributed by atoms with Gasteiger partial charge in [-0.3, -0.25) is 4.79 Å². The Bertz CT molecular complexity index is 714. The minimum atomic E-state index is -0.123. The molecule has 0 amide bonds. The summed E-state index contributed by atoms with van der Waals surface area (Å²) >= 11 is 1.71. The Labute approximate surface area is 138 Å². The van der Waals surface area contributed by atoms with Crippen molar-refractivity contribution >= 4 is 27.6 Å². The van der Waals surface area contributed by atoms with Gasteiger partial charge in [-0.1, -0.05) is 11.7 Å². The Hall–Kier alpha value is -1.66. The van der Waals surface area contributed by atoms with E-state index < -0.39 is 0 Å². The molecule has 2 aliphatic rings. The quantitative estimate of drug-likeness (QED) is 0.620. The molecule has 0 radical (unpaired) electrons. The molecule has 23 heavy (non-hydrogen) atoms. The van der Waals surface area contributed by atoms with Gasteiger partial charge in [0.25, 0.3) is 0 Å². The molecule has 122 valence electrons. The minimum absolute atomic E-state index is 0.0759. The summed E-state index contributed by atoms with van der Waals surface area (Å²) in [5, 5.41) is 6.34. The van der Waals surface area contributed by atoms with Crippen LogP contribution >= 0.6 is 11.3 Å². The van der Waals surface area contributed by atoms with Crippen molar-refractivity contribution in [1.29, 1.82) is 0 Å². The van der Waals surface area contributed by atoms with Crippen molar-refractivity contribution in [3.8, 4) is 0 Å². The Balaban J connectivity index is 1.29. The lowest BCUT2D eigenvalue weighted by Crippen LogP contribution is -2.35. The average molecular weight is 332 g/mol. The van der Waals surface area contributed by atoms with Gasteiger partial charge < -0.3 is 14.2 Å². The highest BCUT2D eigenvalue weighted by Crippen LogP contribution is 2.41. The van der Waals surface area contributed by atoms with Crippen LogP contribution in [0.1, 0.15) is 30.9 Å². The molecule has 0 aromatic carbocycles. The summed E-state index contributed by atoms with van der Waals surface area (Å²) in [5.41, 5.74) is 2.04. The third kappa shape index (κ3) is 2.93. The molecular formula is C17H20N2O3S. The summed E-state index contributed by atoms with van der Waals surface area (Å²) < 4.78 is 11.5. The van der Waals surface area contributed by atoms with Crippen molar-refractivity contribution in [1.82, 2.24) is 10.1 Å². The van der Waals surface area contributed by atoms with Crippen molar-refractivity contribution in [3.63, 3.8) is 0 Å². The SMILES string of the molecule is C=COC(=O)[C@H]1CC1CN1CCC(c2noc3ccsc23)CC1. The number of thiophene rings is 1. The summed E-state index contributed by atoms with van der Waals surface area (Å²) in [6.45, 7) is 6.55. The summed E-state index contributed by atoms with van der Waals surface area (Å²) in [5.74, 6) is 0.900. The van der Waals surface area contributed by atoms with E-state index in [9.17, 15) is 4.79 Å². The smallest absolute Gasteiger partial charge is 0.314 e. The first-order chi connectivity index (χ1) is 11.3. The lowest BCUT2D eigenvalue weighted by Gasteiger charge is -2.31. The van der Waals surface area contributed by atoms with Crippen LogP contribution in [0.5, 0.6) is 0 Å². The molecule has 2 aromatic rings. The highest BCUT2D eigenvalue weighted by molar-refractivity contribution is 7.17. The first-order valence-electron chi connectivity index (χ1n) is 8.12. The highest BCUT2D eigenvalue weighted by atomic mass is 32.1. The Morgan fingerprint density at radius 2 is 2.35 bits per heavy atom. The first-order valence-corrected chi connectivity index (χ1v) is 9.00. The van der Waals surface area contributed by atoms with Gasteiger partial charge >= 0.3 is 5.97 Å². The van der Waals surface area contributed by atoms with Gasteiger partial charge in [-0.2, -0.15) is 0 Å². The number of aromatic nitrogens is 1. The maximum atomic E-state index is 11.6. The van der Waals surface area contributed by atoms with Crippen LogP contribution in [0.2, 0.25) is 0 Å². The molecule has 1 saturated carbocycles. The van der Waals surface area contributed by atoms with E-state index in [0.29, 0.717) is 11.8 Å². The lowest BCUT2D eigenvalue weighted by molar-refractivity contribution is -0.139. The largest absolute Gasteiger partial charge is 0.435 e. The number of carbonyl (C=O) groups excluding carboxylic acids is 1. The van der Waals surface area contributed by atoms with Gasteiger partial charge in [0.05, 0.1) is 16.9 Å². The molecule has 2 aromatic heterocycles. The van der Waals surface area contributed by atoms with Gasteiger partial charge in [0.1, 0.15) is 5.69 Å². The van der Waals surface area contributed by atoms with Crippen LogP contribution in [-0.2, 0) is 9.53 Å². The predicted octanol–water partition coefficient (Wildman–Crippen LogP) is 3.39. The van der Waals surface area contributed by atoms with E-state index in [-0.39, 0.29) is 11.9 Å². The summed E-state index contributed by atoms with van der Waals surface area (Å²) in [4.78, 5) is 14.1. The van der Waals surface area contributed by atoms with Crippen LogP contribution in [0.3, 0.4) is 0 Å². The third-order valence-corrected chi connectivity index (χ3v) is 5.91. The Morgan fingerprint density at radius 3 is 3.13 bits per heavy atom. The summed E-state index contributed by atoms with van der Waals surface area (Å²) in [6, 6.07) is 1.99. The van der Waals surface area contributed by atoms with Gasteiger partial charge in [0.15, 0.2) is 5.58 Å². The van der Waals surface area contributed by atoms with E-state index >= 15 is 0 Å². The number of nitrogens with zero attached hydrogens (tertiary/aromatic N) is 2. The summed E-state index contributed by atoms with van der Waals surface area (Å²) in [6.07, 6.45) is 4.39. The van der Waals surface area contributed by atoms with E-state index in [0.717, 1.165) is 50.2 Å². The molecular weight excluding hydrogens is 312 g/mol. The zero-order valence-electron chi connectivity index (χ0n) is 12.9. The Kier molecular flexibility index (Phi) is 3.95. The Morgan fingerprint density at radius 1 is 1.52 bits per heavy atom. The van der Waals surface area contributed by atoms with Gasteiger partial charge in [-0.25, -0.2) is 0 Å². The second-order valence-electron chi connectivity index (χ2n) is 6.46. The molecule has 3 heterocycles. The molecule has 2 atom stereocenters. The second kappa shape index (κ2) is 6.09. The van der Waals surface area contributed by atoms with E-state index in [1.165, 1.54) is 11.0 Å². The van der Waals surface area contributed by atoms with Crippen LogP contribution in [0, 0.1) is 11.8 Å².